The number of hydrogen-bond donors (Lipinski definition) is 2. The molecule has 1 heterocycles. The third-order valence-corrected chi connectivity index (χ3v) is 8.94. The highest BCUT2D eigenvalue weighted by atomic mass is 19.4. The quantitative estimate of drug-likeness (QED) is 0.365. The number of anilines is 3. The molecule has 2 aromatic carbocycles. The first-order valence-electron chi connectivity index (χ1n) is 14.5. The Balaban J connectivity index is 1.25. The molecule has 3 N–H and O–H groups in total. The largest absolute Gasteiger partial charge is 0.418 e. The Labute approximate surface area is 237 Å². The SMILES string of the molecule is CN(CC1CCC(Nc2ccc(N)c(C(F)(F)F)c2)CC1)C(=O)C1(C)CCN(c2ccc(C(C)(C)C)cc2)CC1. The zero-order valence-corrected chi connectivity index (χ0v) is 24.6. The third kappa shape index (κ3) is 7.05. The number of rotatable bonds is 6. The zero-order chi connectivity index (χ0) is 29.3. The van der Waals surface area contributed by atoms with Crippen LogP contribution in [0.4, 0.5) is 30.2 Å². The van der Waals surface area contributed by atoms with Crippen LogP contribution in [-0.4, -0.2) is 43.5 Å². The number of nitrogens with zero attached hydrogens (tertiary/aromatic N) is 2. The first-order chi connectivity index (χ1) is 18.7. The van der Waals surface area contributed by atoms with Crippen LogP contribution in [0.5, 0.6) is 0 Å². The van der Waals surface area contributed by atoms with Crippen molar-refractivity contribution in [2.75, 3.05) is 42.6 Å². The van der Waals surface area contributed by atoms with Gasteiger partial charge in [0.1, 0.15) is 0 Å². The van der Waals surface area contributed by atoms with Crippen LogP contribution in [0.25, 0.3) is 0 Å². The maximum atomic E-state index is 13.5. The van der Waals surface area contributed by atoms with Crippen molar-refractivity contribution in [3.8, 4) is 0 Å². The summed E-state index contributed by atoms with van der Waals surface area (Å²) in [5, 5.41) is 3.26. The lowest BCUT2D eigenvalue weighted by atomic mass is 9.78. The standard InChI is InChI=1S/C32H45F3N4O/c1-30(2,3)23-8-13-26(14-9-23)39-18-16-31(4,17-19-39)29(40)38(5)21-22-6-10-24(11-7-22)37-25-12-15-28(36)27(20-25)32(33,34)35/h8-9,12-15,20,22,24,37H,6-7,10-11,16-19,21,36H2,1-5H3. The summed E-state index contributed by atoms with van der Waals surface area (Å²) in [5.74, 6) is 0.617. The van der Waals surface area contributed by atoms with Gasteiger partial charge in [-0.3, -0.25) is 4.79 Å². The predicted octanol–water partition coefficient (Wildman–Crippen LogP) is 7.32. The molecule has 8 heteroatoms. The maximum Gasteiger partial charge on any atom is 0.418 e. The lowest BCUT2D eigenvalue weighted by Crippen LogP contribution is -2.49. The van der Waals surface area contributed by atoms with Crippen molar-refractivity contribution in [3.63, 3.8) is 0 Å². The number of hydrogen-bond acceptors (Lipinski definition) is 4. The van der Waals surface area contributed by atoms with Gasteiger partial charge in [-0.15, -0.1) is 0 Å². The Morgan fingerprint density at radius 2 is 1.62 bits per heavy atom. The van der Waals surface area contributed by atoms with Gasteiger partial charge < -0.3 is 20.9 Å². The van der Waals surface area contributed by atoms with Gasteiger partial charge in [-0.05, 0) is 85.8 Å². The van der Waals surface area contributed by atoms with Gasteiger partial charge in [0.15, 0.2) is 0 Å². The van der Waals surface area contributed by atoms with E-state index in [1.807, 2.05) is 11.9 Å². The number of carbonyl (C=O) groups excluding carboxylic acids is 1. The molecule has 1 amide bonds. The molecule has 0 unspecified atom stereocenters. The Kier molecular flexibility index (Phi) is 8.67. The molecule has 2 fully saturated rings. The second-order valence-corrected chi connectivity index (χ2v) is 13.2. The zero-order valence-electron chi connectivity index (χ0n) is 24.6. The molecule has 0 atom stereocenters. The number of alkyl halides is 3. The van der Waals surface area contributed by atoms with Crippen molar-refractivity contribution in [1.82, 2.24) is 4.90 Å². The second kappa shape index (κ2) is 11.5. The predicted molar refractivity (Wildman–Crippen MR) is 158 cm³/mol. The van der Waals surface area contributed by atoms with E-state index >= 15 is 0 Å². The summed E-state index contributed by atoms with van der Waals surface area (Å²) in [6.07, 6.45) is 0.778. The fourth-order valence-corrected chi connectivity index (χ4v) is 6.19. The summed E-state index contributed by atoms with van der Waals surface area (Å²) in [5.41, 5.74) is 7.22. The summed E-state index contributed by atoms with van der Waals surface area (Å²) >= 11 is 0. The Morgan fingerprint density at radius 1 is 1.02 bits per heavy atom. The average molecular weight is 559 g/mol. The summed E-state index contributed by atoms with van der Waals surface area (Å²) in [4.78, 5) is 17.8. The van der Waals surface area contributed by atoms with Crippen molar-refractivity contribution < 1.29 is 18.0 Å². The minimum atomic E-state index is -4.47. The van der Waals surface area contributed by atoms with Crippen molar-refractivity contribution in [3.05, 3.63) is 53.6 Å². The Hall–Kier alpha value is -2.90. The molecule has 2 aliphatic rings. The van der Waals surface area contributed by atoms with E-state index in [1.165, 1.54) is 17.3 Å². The van der Waals surface area contributed by atoms with Crippen LogP contribution in [0, 0.1) is 11.3 Å². The van der Waals surface area contributed by atoms with Crippen molar-refractivity contribution in [2.24, 2.45) is 11.3 Å². The van der Waals surface area contributed by atoms with E-state index in [0.29, 0.717) is 11.6 Å². The van der Waals surface area contributed by atoms with Gasteiger partial charge in [-0.25, -0.2) is 0 Å². The minimum absolute atomic E-state index is 0.112. The van der Waals surface area contributed by atoms with Gasteiger partial charge in [-0.1, -0.05) is 39.8 Å². The number of nitrogen functional groups attached to an aromatic ring is 1. The molecule has 4 rings (SSSR count). The highest BCUT2D eigenvalue weighted by molar-refractivity contribution is 5.82. The average Bonchev–Trinajstić information content (AvgIpc) is 2.90. The van der Waals surface area contributed by atoms with Crippen molar-refractivity contribution in [1.29, 1.82) is 0 Å². The van der Waals surface area contributed by atoms with Gasteiger partial charge >= 0.3 is 6.18 Å². The number of nitrogens with two attached hydrogens (primary N) is 1. The fraction of sp³-hybridized carbons (Fsp3) is 0.594. The van der Waals surface area contributed by atoms with Crippen LogP contribution in [0.1, 0.15) is 77.3 Å². The topological polar surface area (TPSA) is 61.6 Å². The van der Waals surface area contributed by atoms with E-state index in [2.05, 4.69) is 62.2 Å². The van der Waals surface area contributed by atoms with Crippen LogP contribution in [0.3, 0.4) is 0 Å². The lowest BCUT2D eigenvalue weighted by molar-refractivity contribution is -0.141. The normalized spacial score (nSPS) is 21.6. The number of benzene rings is 2. The monoisotopic (exact) mass is 558 g/mol. The van der Waals surface area contributed by atoms with Crippen LogP contribution in [0.2, 0.25) is 0 Å². The van der Waals surface area contributed by atoms with E-state index in [1.54, 1.807) is 6.07 Å². The molecule has 5 nitrogen and oxygen atoms in total. The van der Waals surface area contributed by atoms with Gasteiger partial charge in [-0.2, -0.15) is 13.2 Å². The Morgan fingerprint density at radius 3 is 2.17 bits per heavy atom. The van der Waals surface area contributed by atoms with Gasteiger partial charge in [0, 0.05) is 55.2 Å². The number of amides is 1. The van der Waals surface area contributed by atoms with Gasteiger partial charge in [0.25, 0.3) is 0 Å². The first kappa shape index (κ1) is 30.1. The third-order valence-electron chi connectivity index (χ3n) is 8.94. The van der Waals surface area contributed by atoms with Gasteiger partial charge in [0.2, 0.25) is 5.91 Å². The van der Waals surface area contributed by atoms with Crippen LogP contribution in [-0.2, 0) is 16.4 Å². The molecule has 0 radical (unpaired) electrons. The maximum absolute atomic E-state index is 13.5. The highest BCUT2D eigenvalue weighted by Crippen LogP contribution is 2.38. The lowest BCUT2D eigenvalue weighted by Gasteiger charge is -2.42. The van der Waals surface area contributed by atoms with Crippen LogP contribution < -0.4 is 16.0 Å². The molecule has 0 spiro atoms. The van der Waals surface area contributed by atoms with Crippen molar-refractivity contribution >= 4 is 23.0 Å². The smallest absolute Gasteiger partial charge is 0.398 e. The molecule has 1 aliphatic carbocycles. The molecule has 220 valence electrons. The molecular weight excluding hydrogens is 513 g/mol. The molecule has 1 aliphatic heterocycles. The van der Waals surface area contributed by atoms with E-state index < -0.39 is 11.7 Å². The highest BCUT2D eigenvalue weighted by Gasteiger charge is 2.39. The van der Waals surface area contributed by atoms with E-state index in [0.717, 1.165) is 64.2 Å². The molecule has 1 saturated carbocycles. The molecule has 1 saturated heterocycles. The van der Waals surface area contributed by atoms with E-state index in [-0.39, 0.29) is 28.5 Å². The Bertz CT molecular complexity index is 1160. The number of halogens is 3. The minimum Gasteiger partial charge on any atom is -0.398 e. The molecule has 0 bridgehead atoms. The van der Waals surface area contributed by atoms with E-state index in [4.69, 9.17) is 5.73 Å². The number of piperidine rings is 1. The van der Waals surface area contributed by atoms with Crippen molar-refractivity contribution in [2.45, 2.75) is 83.9 Å². The van der Waals surface area contributed by atoms with E-state index in [9.17, 15) is 18.0 Å². The summed E-state index contributed by atoms with van der Waals surface area (Å²) < 4.78 is 39.6. The molecular formula is C32H45F3N4O. The summed E-state index contributed by atoms with van der Waals surface area (Å²) in [6, 6.07) is 12.9. The first-order valence-corrected chi connectivity index (χ1v) is 14.5. The summed E-state index contributed by atoms with van der Waals surface area (Å²) in [7, 11) is 1.92. The van der Waals surface area contributed by atoms with Crippen LogP contribution >= 0.6 is 0 Å². The number of nitrogens with one attached hydrogen (secondary N) is 1. The summed E-state index contributed by atoms with van der Waals surface area (Å²) in [6.45, 7) is 11.2. The molecule has 40 heavy (non-hydrogen) atoms. The van der Waals surface area contributed by atoms with Crippen LogP contribution in [0.15, 0.2) is 42.5 Å². The second-order valence-electron chi connectivity index (χ2n) is 13.2. The fourth-order valence-electron chi connectivity index (χ4n) is 6.19. The molecule has 0 aromatic heterocycles. The number of carbonyl (C=O) groups is 1. The van der Waals surface area contributed by atoms with Gasteiger partial charge in [0.05, 0.1) is 5.56 Å². The molecule has 2 aromatic rings.